The number of hydrogen-bond donors (Lipinski definition) is 1. The smallest absolute Gasteiger partial charge is 0.242 e. The van der Waals surface area contributed by atoms with Crippen molar-refractivity contribution in [3.63, 3.8) is 0 Å². The maximum Gasteiger partial charge on any atom is 0.242 e. The molecule has 118 valence electrons. The van der Waals surface area contributed by atoms with E-state index in [1.807, 2.05) is 49.3 Å². The molecule has 0 radical (unpaired) electrons. The lowest BCUT2D eigenvalue weighted by Crippen LogP contribution is -2.34. The van der Waals surface area contributed by atoms with Gasteiger partial charge in [0.15, 0.2) is 0 Å². The Labute approximate surface area is 129 Å². The van der Waals surface area contributed by atoms with Gasteiger partial charge in [0.25, 0.3) is 0 Å². The number of rotatable bonds is 6. The fourth-order valence-corrected chi connectivity index (χ4v) is 3.10. The van der Waals surface area contributed by atoms with Gasteiger partial charge in [0.2, 0.25) is 10.0 Å². The second-order valence-corrected chi connectivity index (χ2v) is 6.85. The molecule has 0 aliphatic rings. The van der Waals surface area contributed by atoms with E-state index in [1.165, 1.54) is 0 Å². The average Bonchev–Trinajstić information content (AvgIpc) is 2.48. The van der Waals surface area contributed by atoms with Crippen LogP contribution in [0.1, 0.15) is 11.6 Å². The van der Waals surface area contributed by atoms with Crippen molar-refractivity contribution in [3.05, 3.63) is 60.2 Å². The molecule has 0 fully saturated rings. The molecule has 2 rings (SSSR count). The number of nitrogens with one attached hydrogen (secondary N) is 1. The largest absolute Gasteiger partial charge is 0.301 e. The van der Waals surface area contributed by atoms with Crippen LogP contribution < -0.4 is 4.72 Å². The number of likely N-dealkylation sites (N-methyl/N-ethyl adjacent to an activating group) is 1. The molecule has 2 aromatic rings. The fourth-order valence-electron chi connectivity index (χ4n) is 2.09. The standard InChI is InChI=1S/C15H18FN3O2S/c1-19(2)15(12-6-4-3-5-7-12)11-18-22(20,21)14-8-13(16)9-17-10-14/h3-10,15,18H,11H2,1-2H3. The molecule has 1 unspecified atom stereocenters. The predicted octanol–water partition coefficient (Wildman–Crippen LogP) is 1.80. The van der Waals surface area contributed by atoms with E-state index in [2.05, 4.69) is 9.71 Å². The molecule has 1 aromatic heterocycles. The molecular formula is C15H18FN3O2S. The van der Waals surface area contributed by atoms with Gasteiger partial charge in [0.05, 0.1) is 6.20 Å². The van der Waals surface area contributed by atoms with Gasteiger partial charge in [0.1, 0.15) is 10.7 Å². The number of pyridine rings is 1. The Morgan fingerprint density at radius 1 is 1.23 bits per heavy atom. The first kappa shape index (κ1) is 16.5. The van der Waals surface area contributed by atoms with Gasteiger partial charge in [-0.3, -0.25) is 4.98 Å². The topological polar surface area (TPSA) is 62.3 Å². The van der Waals surface area contributed by atoms with E-state index in [9.17, 15) is 12.8 Å². The molecule has 0 amide bonds. The highest BCUT2D eigenvalue weighted by molar-refractivity contribution is 7.89. The van der Waals surface area contributed by atoms with Gasteiger partial charge in [-0.05, 0) is 25.7 Å². The summed E-state index contributed by atoms with van der Waals surface area (Å²) in [6.07, 6.45) is 2.09. The summed E-state index contributed by atoms with van der Waals surface area (Å²) in [5, 5.41) is 0. The summed E-state index contributed by atoms with van der Waals surface area (Å²) in [4.78, 5) is 5.30. The first-order valence-electron chi connectivity index (χ1n) is 6.72. The number of halogens is 1. The van der Waals surface area contributed by atoms with E-state index in [4.69, 9.17) is 0 Å². The van der Waals surface area contributed by atoms with Crippen molar-refractivity contribution in [2.45, 2.75) is 10.9 Å². The third-order valence-electron chi connectivity index (χ3n) is 3.26. The first-order valence-corrected chi connectivity index (χ1v) is 8.20. The third kappa shape index (κ3) is 4.09. The minimum atomic E-state index is -3.80. The van der Waals surface area contributed by atoms with E-state index in [0.717, 1.165) is 24.0 Å². The van der Waals surface area contributed by atoms with Gasteiger partial charge in [-0.2, -0.15) is 0 Å². The zero-order valence-corrected chi connectivity index (χ0v) is 13.2. The molecule has 1 N–H and O–H groups in total. The molecule has 22 heavy (non-hydrogen) atoms. The van der Waals surface area contributed by atoms with Crippen LogP contribution in [0.3, 0.4) is 0 Å². The van der Waals surface area contributed by atoms with Crippen LogP contribution in [0.5, 0.6) is 0 Å². The van der Waals surface area contributed by atoms with Gasteiger partial charge in [-0.25, -0.2) is 17.5 Å². The lowest BCUT2D eigenvalue weighted by Gasteiger charge is -2.25. The lowest BCUT2D eigenvalue weighted by molar-refractivity contribution is 0.299. The van der Waals surface area contributed by atoms with E-state index in [0.29, 0.717) is 0 Å². The average molecular weight is 323 g/mol. The van der Waals surface area contributed by atoms with Crippen LogP contribution in [0.2, 0.25) is 0 Å². The van der Waals surface area contributed by atoms with Crippen molar-refractivity contribution < 1.29 is 12.8 Å². The monoisotopic (exact) mass is 323 g/mol. The summed E-state index contributed by atoms with van der Waals surface area (Å²) >= 11 is 0. The molecule has 1 atom stereocenters. The molecule has 1 aromatic carbocycles. The predicted molar refractivity (Wildman–Crippen MR) is 82.3 cm³/mol. The van der Waals surface area contributed by atoms with E-state index >= 15 is 0 Å². The number of hydrogen-bond acceptors (Lipinski definition) is 4. The van der Waals surface area contributed by atoms with Gasteiger partial charge in [-0.15, -0.1) is 0 Å². The van der Waals surface area contributed by atoms with E-state index in [-0.39, 0.29) is 17.5 Å². The van der Waals surface area contributed by atoms with E-state index < -0.39 is 15.8 Å². The zero-order valence-electron chi connectivity index (χ0n) is 12.4. The fraction of sp³-hybridized carbons (Fsp3) is 0.267. The molecular weight excluding hydrogens is 305 g/mol. The molecule has 1 heterocycles. The van der Waals surface area contributed by atoms with Crippen molar-refractivity contribution in [1.29, 1.82) is 0 Å². The minimum Gasteiger partial charge on any atom is -0.301 e. The quantitative estimate of drug-likeness (QED) is 0.880. The van der Waals surface area contributed by atoms with Crippen LogP contribution >= 0.6 is 0 Å². The molecule has 5 nitrogen and oxygen atoms in total. The van der Waals surface area contributed by atoms with Crippen LogP contribution in [0.15, 0.2) is 53.7 Å². The third-order valence-corrected chi connectivity index (χ3v) is 4.66. The summed E-state index contributed by atoms with van der Waals surface area (Å²) < 4.78 is 40.0. The molecule has 7 heteroatoms. The molecule has 0 aliphatic heterocycles. The van der Waals surface area contributed by atoms with Crippen LogP contribution in [-0.2, 0) is 10.0 Å². The molecule has 0 bridgehead atoms. The highest BCUT2D eigenvalue weighted by Crippen LogP contribution is 2.18. The Morgan fingerprint density at radius 2 is 1.91 bits per heavy atom. The summed E-state index contributed by atoms with van der Waals surface area (Å²) in [5.41, 5.74) is 0.993. The summed E-state index contributed by atoms with van der Waals surface area (Å²) in [5.74, 6) is -0.685. The second kappa shape index (κ2) is 6.95. The second-order valence-electron chi connectivity index (χ2n) is 5.08. The maximum atomic E-state index is 13.1. The Bertz CT molecular complexity index is 721. The number of sulfonamides is 1. The van der Waals surface area contributed by atoms with Crippen molar-refractivity contribution >= 4 is 10.0 Å². The van der Waals surface area contributed by atoms with Gasteiger partial charge < -0.3 is 4.90 Å². The Kier molecular flexibility index (Phi) is 5.23. The number of benzene rings is 1. The molecule has 0 saturated heterocycles. The zero-order chi connectivity index (χ0) is 16.2. The van der Waals surface area contributed by atoms with E-state index in [1.54, 1.807) is 0 Å². The Morgan fingerprint density at radius 3 is 2.50 bits per heavy atom. The van der Waals surface area contributed by atoms with Crippen LogP contribution in [0, 0.1) is 5.82 Å². The number of aromatic nitrogens is 1. The normalized spacial score (nSPS) is 13.3. The van der Waals surface area contributed by atoms with Gasteiger partial charge in [-0.1, -0.05) is 30.3 Å². The first-order chi connectivity index (χ1) is 10.4. The van der Waals surface area contributed by atoms with Crippen molar-refractivity contribution in [1.82, 2.24) is 14.6 Å². The summed E-state index contributed by atoms with van der Waals surface area (Å²) in [7, 11) is -0.0570. The SMILES string of the molecule is CN(C)C(CNS(=O)(=O)c1cncc(F)c1)c1ccccc1. The highest BCUT2D eigenvalue weighted by atomic mass is 32.2. The minimum absolute atomic E-state index is 0.127. The lowest BCUT2D eigenvalue weighted by atomic mass is 10.1. The van der Waals surface area contributed by atoms with Crippen molar-refractivity contribution in [3.8, 4) is 0 Å². The Balaban J connectivity index is 2.16. The van der Waals surface area contributed by atoms with Crippen LogP contribution in [0.25, 0.3) is 0 Å². The van der Waals surface area contributed by atoms with Crippen LogP contribution in [0.4, 0.5) is 4.39 Å². The molecule has 0 saturated carbocycles. The van der Waals surface area contributed by atoms with Crippen molar-refractivity contribution in [2.75, 3.05) is 20.6 Å². The van der Waals surface area contributed by atoms with Crippen LogP contribution in [-0.4, -0.2) is 38.9 Å². The van der Waals surface area contributed by atoms with Gasteiger partial charge in [0, 0.05) is 18.8 Å². The Hall–Kier alpha value is -1.83. The van der Waals surface area contributed by atoms with Crippen molar-refractivity contribution in [2.24, 2.45) is 0 Å². The highest BCUT2D eigenvalue weighted by Gasteiger charge is 2.20. The summed E-state index contributed by atoms with van der Waals surface area (Å²) in [6, 6.07) is 10.4. The summed E-state index contributed by atoms with van der Waals surface area (Å²) in [6.45, 7) is 0.176. The molecule has 0 aliphatic carbocycles. The maximum absolute atomic E-state index is 13.1. The van der Waals surface area contributed by atoms with Gasteiger partial charge >= 0.3 is 0 Å². The molecule has 0 spiro atoms. The number of nitrogens with zero attached hydrogens (tertiary/aromatic N) is 2.